The van der Waals surface area contributed by atoms with Crippen LogP contribution < -0.4 is 14.2 Å². The highest BCUT2D eigenvalue weighted by Crippen LogP contribution is 2.29. The van der Waals surface area contributed by atoms with Crippen LogP contribution >= 0.6 is 0 Å². The molecule has 0 saturated heterocycles. The van der Waals surface area contributed by atoms with E-state index >= 15 is 0 Å². The summed E-state index contributed by atoms with van der Waals surface area (Å²) in [5.41, 5.74) is 4.57. The Balaban J connectivity index is 1.42. The number of hydrogen-bond donors (Lipinski definition) is 0. The van der Waals surface area contributed by atoms with Crippen molar-refractivity contribution in [3.05, 3.63) is 83.7 Å². The molecule has 0 amide bonds. The van der Waals surface area contributed by atoms with E-state index in [1.165, 1.54) is 11.1 Å². The minimum atomic E-state index is 0.402. The maximum atomic E-state index is 6.32. The van der Waals surface area contributed by atoms with Gasteiger partial charge < -0.3 is 18.8 Å². The first-order chi connectivity index (χ1) is 16.5. The van der Waals surface area contributed by atoms with Crippen LogP contribution in [0.2, 0.25) is 0 Å². The number of hydrogen-bond acceptors (Lipinski definition) is 4. The highest BCUT2D eigenvalue weighted by Gasteiger charge is 2.13. The summed E-state index contributed by atoms with van der Waals surface area (Å²) >= 11 is 0. The van der Waals surface area contributed by atoms with E-state index in [9.17, 15) is 0 Å². The number of ether oxygens (including phenoxy) is 3. The van der Waals surface area contributed by atoms with Crippen molar-refractivity contribution < 1.29 is 14.2 Å². The number of aryl methyl sites for hydroxylation is 2. The van der Waals surface area contributed by atoms with Gasteiger partial charge in [0.25, 0.3) is 0 Å². The van der Waals surface area contributed by atoms with Gasteiger partial charge in [-0.3, -0.25) is 0 Å². The van der Waals surface area contributed by atoms with E-state index in [0.29, 0.717) is 19.1 Å². The summed E-state index contributed by atoms with van der Waals surface area (Å²) in [6.07, 6.45) is 1.93. The molecular formula is C29H34N2O3. The zero-order valence-corrected chi connectivity index (χ0v) is 20.6. The van der Waals surface area contributed by atoms with Crippen LogP contribution in [0.1, 0.15) is 49.6 Å². The van der Waals surface area contributed by atoms with Crippen molar-refractivity contribution in [2.45, 2.75) is 52.7 Å². The number of fused-ring (bicyclic) bond motifs is 1. The Hall–Kier alpha value is -3.47. The van der Waals surface area contributed by atoms with E-state index in [1.54, 1.807) is 7.11 Å². The van der Waals surface area contributed by atoms with Crippen molar-refractivity contribution >= 4 is 11.0 Å². The molecule has 3 aromatic carbocycles. The van der Waals surface area contributed by atoms with E-state index in [1.807, 2.05) is 30.3 Å². The summed E-state index contributed by atoms with van der Waals surface area (Å²) in [4.78, 5) is 4.88. The molecule has 1 heterocycles. The fraction of sp³-hybridized carbons (Fsp3) is 0.345. The smallest absolute Gasteiger partial charge is 0.147 e. The molecule has 34 heavy (non-hydrogen) atoms. The fourth-order valence-electron chi connectivity index (χ4n) is 4.12. The number of unbranched alkanes of at least 4 members (excludes halogenated alkanes) is 1. The summed E-state index contributed by atoms with van der Waals surface area (Å²) < 4.78 is 19.8. The van der Waals surface area contributed by atoms with Gasteiger partial charge in [-0.2, -0.15) is 0 Å². The number of imidazole rings is 1. The first kappa shape index (κ1) is 23.7. The molecule has 4 rings (SSSR count). The Labute approximate surface area is 202 Å². The van der Waals surface area contributed by atoms with Crippen LogP contribution in [-0.2, 0) is 13.2 Å². The van der Waals surface area contributed by atoms with Crippen molar-refractivity contribution in [3.63, 3.8) is 0 Å². The maximum absolute atomic E-state index is 6.32. The SMILES string of the molecule is COc1cccc(OCCCCn2c(COc3cc(C)ccc3C(C)C)nc3ccccc32)c1. The van der Waals surface area contributed by atoms with Crippen LogP contribution in [0, 0.1) is 6.92 Å². The highest BCUT2D eigenvalue weighted by molar-refractivity contribution is 5.75. The van der Waals surface area contributed by atoms with Crippen molar-refractivity contribution in [3.8, 4) is 17.2 Å². The van der Waals surface area contributed by atoms with Crippen molar-refractivity contribution in [1.82, 2.24) is 9.55 Å². The van der Waals surface area contributed by atoms with Gasteiger partial charge in [0.1, 0.15) is 29.7 Å². The van der Waals surface area contributed by atoms with Crippen molar-refractivity contribution in [2.75, 3.05) is 13.7 Å². The van der Waals surface area contributed by atoms with Gasteiger partial charge in [0.05, 0.1) is 24.8 Å². The summed E-state index contributed by atoms with van der Waals surface area (Å²) in [5.74, 6) is 3.94. The van der Waals surface area contributed by atoms with Crippen LogP contribution in [0.15, 0.2) is 66.7 Å². The topological polar surface area (TPSA) is 45.5 Å². The zero-order chi connectivity index (χ0) is 23.9. The number of para-hydroxylation sites is 2. The van der Waals surface area contributed by atoms with E-state index in [-0.39, 0.29) is 0 Å². The van der Waals surface area contributed by atoms with Crippen LogP contribution in [0.3, 0.4) is 0 Å². The van der Waals surface area contributed by atoms with Gasteiger partial charge in [0.15, 0.2) is 0 Å². The second kappa shape index (κ2) is 11.1. The number of benzene rings is 3. The Kier molecular flexibility index (Phi) is 7.73. The summed E-state index contributed by atoms with van der Waals surface area (Å²) in [6, 6.07) is 22.5. The Bertz CT molecular complexity index is 1230. The Morgan fingerprint density at radius 2 is 1.71 bits per heavy atom. The first-order valence-electron chi connectivity index (χ1n) is 12.0. The van der Waals surface area contributed by atoms with E-state index in [2.05, 4.69) is 61.7 Å². The highest BCUT2D eigenvalue weighted by atomic mass is 16.5. The fourth-order valence-corrected chi connectivity index (χ4v) is 4.12. The molecule has 0 saturated carbocycles. The van der Waals surface area contributed by atoms with Gasteiger partial charge in [0, 0.05) is 12.6 Å². The lowest BCUT2D eigenvalue weighted by atomic mass is 10.0. The largest absolute Gasteiger partial charge is 0.497 e. The zero-order valence-electron chi connectivity index (χ0n) is 20.6. The molecule has 0 spiro atoms. The van der Waals surface area contributed by atoms with Gasteiger partial charge in [-0.25, -0.2) is 4.98 Å². The molecule has 178 valence electrons. The van der Waals surface area contributed by atoms with Crippen LogP contribution in [-0.4, -0.2) is 23.3 Å². The molecule has 4 aromatic rings. The number of aromatic nitrogens is 2. The average Bonchev–Trinajstić information content (AvgIpc) is 3.20. The molecule has 0 atom stereocenters. The lowest BCUT2D eigenvalue weighted by Crippen LogP contribution is -2.09. The molecule has 5 nitrogen and oxygen atoms in total. The monoisotopic (exact) mass is 458 g/mol. The standard InChI is InChI=1S/C29H34N2O3/c1-21(2)25-15-14-22(3)18-28(25)34-20-29-30-26-12-5-6-13-27(26)31(29)16-7-8-17-33-24-11-9-10-23(19-24)32-4/h5-6,9-15,18-19,21H,7-8,16-17,20H2,1-4H3. The molecule has 0 aliphatic heterocycles. The maximum Gasteiger partial charge on any atom is 0.147 e. The molecule has 0 fully saturated rings. The van der Waals surface area contributed by atoms with Crippen LogP contribution in [0.5, 0.6) is 17.2 Å². The third-order valence-electron chi connectivity index (χ3n) is 5.97. The van der Waals surface area contributed by atoms with E-state index in [4.69, 9.17) is 19.2 Å². The molecular weight excluding hydrogens is 424 g/mol. The van der Waals surface area contributed by atoms with E-state index in [0.717, 1.165) is 53.5 Å². The number of nitrogens with zero attached hydrogens (tertiary/aromatic N) is 2. The lowest BCUT2D eigenvalue weighted by Gasteiger charge is -2.16. The molecule has 0 radical (unpaired) electrons. The number of methoxy groups -OCH3 is 1. The van der Waals surface area contributed by atoms with Gasteiger partial charge >= 0.3 is 0 Å². The van der Waals surface area contributed by atoms with Gasteiger partial charge in [-0.1, -0.05) is 44.2 Å². The molecule has 5 heteroatoms. The normalized spacial score (nSPS) is 11.2. The van der Waals surface area contributed by atoms with Crippen molar-refractivity contribution in [1.29, 1.82) is 0 Å². The molecule has 0 aliphatic rings. The quantitative estimate of drug-likeness (QED) is 0.229. The second-order valence-electron chi connectivity index (χ2n) is 8.89. The van der Waals surface area contributed by atoms with Gasteiger partial charge in [-0.15, -0.1) is 0 Å². The molecule has 1 aromatic heterocycles. The summed E-state index contributed by atoms with van der Waals surface area (Å²) in [7, 11) is 1.67. The Morgan fingerprint density at radius 3 is 2.53 bits per heavy atom. The second-order valence-corrected chi connectivity index (χ2v) is 8.89. The first-order valence-corrected chi connectivity index (χ1v) is 12.0. The third kappa shape index (κ3) is 5.71. The summed E-state index contributed by atoms with van der Waals surface area (Å²) in [5, 5.41) is 0. The molecule has 0 aliphatic carbocycles. The minimum absolute atomic E-state index is 0.402. The minimum Gasteiger partial charge on any atom is -0.497 e. The van der Waals surface area contributed by atoms with Crippen molar-refractivity contribution in [2.24, 2.45) is 0 Å². The van der Waals surface area contributed by atoms with Crippen LogP contribution in [0.4, 0.5) is 0 Å². The van der Waals surface area contributed by atoms with E-state index < -0.39 is 0 Å². The number of rotatable bonds is 11. The van der Waals surface area contributed by atoms with Crippen LogP contribution in [0.25, 0.3) is 11.0 Å². The third-order valence-corrected chi connectivity index (χ3v) is 5.97. The molecule has 0 N–H and O–H groups in total. The predicted octanol–water partition coefficient (Wildman–Crippen LogP) is 6.91. The Morgan fingerprint density at radius 1 is 0.882 bits per heavy atom. The lowest BCUT2D eigenvalue weighted by molar-refractivity contribution is 0.281. The van der Waals surface area contributed by atoms with Gasteiger partial charge in [0.2, 0.25) is 0 Å². The predicted molar refractivity (Wildman–Crippen MR) is 137 cm³/mol. The summed E-state index contributed by atoms with van der Waals surface area (Å²) in [6.45, 7) is 8.46. The molecule has 0 unspecified atom stereocenters. The average molecular weight is 459 g/mol. The van der Waals surface area contributed by atoms with Gasteiger partial charge in [-0.05, 0) is 67.1 Å². The molecule has 0 bridgehead atoms.